The van der Waals surface area contributed by atoms with E-state index in [0.29, 0.717) is 30.9 Å². The van der Waals surface area contributed by atoms with Crippen LogP contribution in [0.5, 0.6) is 0 Å². The SMILES string of the molecule is CCCC(C(=O)N(C)O)N(CCC)C(CCc1ccccc1)C(O)P(C)(C)=O. The number of amides is 1. The van der Waals surface area contributed by atoms with Crippen molar-refractivity contribution in [2.75, 3.05) is 26.9 Å². The third-order valence-corrected chi connectivity index (χ3v) is 6.65. The Morgan fingerprint density at radius 3 is 2.18 bits per heavy atom. The Kier molecular flexibility index (Phi) is 10.4. The summed E-state index contributed by atoms with van der Waals surface area (Å²) in [6.45, 7) is 7.77. The topological polar surface area (TPSA) is 81.1 Å². The minimum atomic E-state index is -2.80. The van der Waals surface area contributed by atoms with Crippen molar-refractivity contribution in [3.63, 3.8) is 0 Å². The number of aryl methyl sites for hydroxylation is 1. The van der Waals surface area contributed by atoms with Crippen molar-refractivity contribution < 1.29 is 19.7 Å². The number of aliphatic hydroxyl groups is 1. The number of hydroxylamine groups is 2. The van der Waals surface area contributed by atoms with E-state index >= 15 is 0 Å². The number of hydrogen-bond acceptors (Lipinski definition) is 5. The van der Waals surface area contributed by atoms with Crippen molar-refractivity contribution in [2.45, 2.75) is 63.9 Å². The zero-order chi connectivity index (χ0) is 21.3. The molecule has 0 bridgehead atoms. The molecule has 3 unspecified atom stereocenters. The van der Waals surface area contributed by atoms with Crippen LogP contribution in [-0.2, 0) is 15.8 Å². The lowest BCUT2D eigenvalue weighted by Gasteiger charge is -2.41. The van der Waals surface area contributed by atoms with Crippen molar-refractivity contribution in [1.29, 1.82) is 0 Å². The maximum Gasteiger partial charge on any atom is 0.262 e. The van der Waals surface area contributed by atoms with Crippen LogP contribution < -0.4 is 0 Å². The molecule has 160 valence electrons. The van der Waals surface area contributed by atoms with Crippen LogP contribution in [0.15, 0.2) is 30.3 Å². The quantitative estimate of drug-likeness (QED) is 0.311. The molecule has 0 aliphatic rings. The monoisotopic (exact) mass is 412 g/mol. The second kappa shape index (κ2) is 11.7. The first-order chi connectivity index (χ1) is 13.1. The first-order valence-corrected chi connectivity index (χ1v) is 12.8. The number of benzene rings is 1. The molecular weight excluding hydrogens is 375 g/mol. The van der Waals surface area contributed by atoms with Gasteiger partial charge in [0.25, 0.3) is 5.91 Å². The van der Waals surface area contributed by atoms with Crippen molar-refractivity contribution in [3.05, 3.63) is 35.9 Å². The van der Waals surface area contributed by atoms with Crippen LogP contribution >= 0.6 is 7.14 Å². The third-order valence-electron chi connectivity index (χ3n) is 5.03. The van der Waals surface area contributed by atoms with Gasteiger partial charge in [-0.15, -0.1) is 0 Å². The molecule has 0 aliphatic carbocycles. The molecular formula is C21H37N2O4P. The number of carbonyl (C=O) groups excluding carboxylic acids is 1. The van der Waals surface area contributed by atoms with Gasteiger partial charge in [0.05, 0.1) is 6.04 Å². The van der Waals surface area contributed by atoms with Gasteiger partial charge in [0.15, 0.2) is 0 Å². The van der Waals surface area contributed by atoms with Gasteiger partial charge in [0, 0.05) is 13.1 Å². The Hall–Kier alpha value is -1.20. The Morgan fingerprint density at radius 1 is 1.11 bits per heavy atom. The predicted molar refractivity (Wildman–Crippen MR) is 114 cm³/mol. The van der Waals surface area contributed by atoms with Gasteiger partial charge in [-0.05, 0) is 51.1 Å². The van der Waals surface area contributed by atoms with Gasteiger partial charge in [-0.2, -0.15) is 0 Å². The van der Waals surface area contributed by atoms with E-state index in [0.717, 1.165) is 18.4 Å². The van der Waals surface area contributed by atoms with Crippen molar-refractivity contribution in [1.82, 2.24) is 9.96 Å². The van der Waals surface area contributed by atoms with Crippen LogP contribution in [0, 0.1) is 0 Å². The maximum atomic E-state index is 12.7. The summed E-state index contributed by atoms with van der Waals surface area (Å²) in [7, 11) is -1.47. The Bertz CT molecular complexity index is 633. The van der Waals surface area contributed by atoms with Crippen LogP contribution in [0.1, 0.15) is 45.1 Å². The van der Waals surface area contributed by atoms with Crippen LogP contribution in [0.25, 0.3) is 0 Å². The predicted octanol–water partition coefficient (Wildman–Crippen LogP) is 3.66. The second-order valence-corrected chi connectivity index (χ2v) is 11.2. The molecule has 3 atom stereocenters. The number of nitrogens with zero attached hydrogens (tertiary/aromatic N) is 2. The highest BCUT2D eigenvalue weighted by Gasteiger charge is 2.39. The minimum absolute atomic E-state index is 0.394. The van der Waals surface area contributed by atoms with Crippen LogP contribution in [0.4, 0.5) is 0 Å². The van der Waals surface area contributed by atoms with Crippen LogP contribution in [-0.4, -0.2) is 71.0 Å². The Labute approximate surface area is 169 Å². The maximum absolute atomic E-state index is 12.7. The molecule has 1 aromatic rings. The number of likely N-dealkylation sites (N-methyl/N-ethyl adjacent to an activating group) is 1. The van der Waals surface area contributed by atoms with Crippen molar-refractivity contribution >= 4 is 13.0 Å². The smallest absolute Gasteiger partial charge is 0.262 e. The summed E-state index contributed by atoms with van der Waals surface area (Å²) in [4.78, 5) is 14.6. The molecule has 0 fully saturated rings. The molecule has 0 heterocycles. The van der Waals surface area contributed by atoms with Crippen LogP contribution in [0.2, 0.25) is 0 Å². The number of hydrogen-bond donors (Lipinski definition) is 2. The first kappa shape index (κ1) is 24.8. The van der Waals surface area contributed by atoms with Gasteiger partial charge in [-0.1, -0.05) is 50.6 Å². The molecule has 0 saturated heterocycles. The molecule has 0 saturated carbocycles. The molecule has 1 rings (SSSR count). The summed E-state index contributed by atoms with van der Waals surface area (Å²) in [6.07, 6.45) is 3.41. The van der Waals surface area contributed by atoms with E-state index in [4.69, 9.17) is 0 Å². The van der Waals surface area contributed by atoms with E-state index in [2.05, 4.69) is 0 Å². The molecule has 0 radical (unpaired) electrons. The fourth-order valence-corrected chi connectivity index (χ4v) is 4.74. The number of carbonyl (C=O) groups is 1. The standard InChI is InChI=1S/C21H37N2O4P/c1-6-11-18(20(24)22(3)26)23(16-7-2)19(21(25)28(4,5)27)15-14-17-12-9-8-10-13-17/h8-10,12-13,18-19,21,25-26H,6-7,11,14-16H2,1-5H3. The zero-order valence-electron chi connectivity index (χ0n) is 17.9. The Morgan fingerprint density at radius 2 is 1.71 bits per heavy atom. The average molecular weight is 413 g/mol. The fraction of sp³-hybridized carbons (Fsp3) is 0.667. The number of rotatable bonds is 12. The summed E-state index contributed by atoms with van der Waals surface area (Å²) < 4.78 is 12.7. The van der Waals surface area contributed by atoms with E-state index in [1.54, 1.807) is 13.3 Å². The van der Waals surface area contributed by atoms with Gasteiger partial charge < -0.3 is 9.67 Å². The molecule has 0 aliphatic heterocycles. The molecule has 7 heteroatoms. The highest BCUT2D eigenvalue weighted by atomic mass is 31.2. The molecule has 28 heavy (non-hydrogen) atoms. The molecule has 2 N–H and O–H groups in total. The van der Waals surface area contributed by atoms with Gasteiger partial charge in [0.2, 0.25) is 0 Å². The third kappa shape index (κ3) is 7.32. The number of aliphatic hydroxyl groups excluding tert-OH is 1. The highest BCUT2D eigenvalue weighted by Crippen LogP contribution is 2.45. The first-order valence-electron chi connectivity index (χ1n) is 10.1. The summed E-state index contributed by atoms with van der Waals surface area (Å²) in [6, 6.07) is 8.97. The van der Waals surface area contributed by atoms with E-state index in [1.165, 1.54) is 7.05 Å². The van der Waals surface area contributed by atoms with E-state index in [-0.39, 0.29) is 0 Å². The van der Waals surface area contributed by atoms with E-state index < -0.39 is 31.0 Å². The van der Waals surface area contributed by atoms with Crippen LogP contribution in [0.3, 0.4) is 0 Å². The average Bonchev–Trinajstić information content (AvgIpc) is 2.64. The Balaban J connectivity index is 3.24. The molecule has 1 aromatic carbocycles. The van der Waals surface area contributed by atoms with Gasteiger partial charge in [-0.3, -0.25) is 14.9 Å². The minimum Gasteiger partial charge on any atom is -0.384 e. The van der Waals surface area contributed by atoms with Gasteiger partial charge in [-0.25, -0.2) is 5.06 Å². The summed E-state index contributed by atoms with van der Waals surface area (Å²) >= 11 is 0. The second-order valence-electron chi connectivity index (χ2n) is 7.84. The largest absolute Gasteiger partial charge is 0.384 e. The van der Waals surface area contributed by atoms with E-state index in [9.17, 15) is 19.7 Å². The van der Waals surface area contributed by atoms with Gasteiger partial charge in [0.1, 0.15) is 13.0 Å². The fourth-order valence-electron chi connectivity index (χ4n) is 3.59. The highest BCUT2D eigenvalue weighted by molar-refractivity contribution is 7.62. The molecule has 6 nitrogen and oxygen atoms in total. The summed E-state index contributed by atoms with van der Waals surface area (Å²) in [5.74, 6) is -1.42. The lowest BCUT2D eigenvalue weighted by atomic mass is 10.00. The lowest BCUT2D eigenvalue weighted by molar-refractivity contribution is -0.167. The van der Waals surface area contributed by atoms with Crippen molar-refractivity contribution in [3.8, 4) is 0 Å². The molecule has 0 aromatic heterocycles. The summed E-state index contributed by atoms with van der Waals surface area (Å²) in [5.41, 5.74) is 1.14. The van der Waals surface area contributed by atoms with E-state index in [1.807, 2.05) is 49.1 Å². The normalized spacial score (nSPS) is 15.3. The van der Waals surface area contributed by atoms with Gasteiger partial charge >= 0.3 is 0 Å². The lowest BCUT2D eigenvalue weighted by Crippen LogP contribution is -2.54. The molecule has 0 spiro atoms. The van der Waals surface area contributed by atoms with Crippen molar-refractivity contribution in [2.24, 2.45) is 0 Å². The zero-order valence-corrected chi connectivity index (χ0v) is 18.8. The summed E-state index contributed by atoms with van der Waals surface area (Å²) in [5, 5.41) is 21.4. The molecule has 1 amide bonds.